The summed E-state index contributed by atoms with van der Waals surface area (Å²) >= 11 is 3.29. The van der Waals surface area contributed by atoms with E-state index in [2.05, 4.69) is 26.6 Å². The number of carbonyl (C=O) groups is 1. The quantitative estimate of drug-likeness (QED) is 0.695. The molecule has 2 N–H and O–H groups in total. The highest BCUT2D eigenvalue weighted by Crippen LogP contribution is 2.26. The van der Waals surface area contributed by atoms with Crippen LogP contribution in [0.5, 0.6) is 0 Å². The Morgan fingerprint density at radius 1 is 1.08 bits per heavy atom. The number of para-hydroxylation sites is 1. The zero-order chi connectivity index (χ0) is 18.4. The average Bonchev–Trinajstić information content (AvgIpc) is 2.57. The van der Waals surface area contributed by atoms with Gasteiger partial charge in [-0.2, -0.15) is 8.78 Å². The van der Waals surface area contributed by atoms with Gasteiger partial charge in [0.15, 0.2) is 0 Å². The van der Waals surface area contributed by atoms with Gasteiger partial charge in [0.25, 0.3) is 0 Å². The number of carbonyl (C=O) groups excluding carboxylic acids is 1. The first-order valence-corrected chi connectivity index (χ1v) is 9.55. The van der Waals surface area contributed by atoms with E-state index in [1.165, 1.54) is 18.2 Å². The van der Waals surface area contributed by atoms with Crippen LogP contribution < -0.4 is 10.6 Å². The van der Waals surface area contributed by atoms with Gasteiger partial charge in [0.05, 0.1) is 10.6 Å². The van der Waals surface area contributed by atoms with Crippen LogP contribution in [0.15, 0.2) is 57.9 Å². The molecule has 5 nitrogen and oxygen atoms in total. The third-order valence-corrected chi connectivity index (χ3v) is 5.19. The maximum atomic E-state index is 12.7. The maximum absolute atomic E-state index is 12.7. The molecule has 9 heteroatoms. The van der Waals surface area contributed by atoms with Gasteiger partial charge in [0.2, 0.25) is 15.7 Å². The molecule has 0 fully saturated rings. The number of sulfone groups is 1. The summed E-state index contributed by atoms with van der Waals surface area (Å²) in [7, 11) is -4.71. The van der Waals surface area contributed by atoms with Crippen molar-refractivity contribution in [2.24, 2.45) is 0 Å². The molecule has 0 aliphatic rings. The zero-order valence-corrected chi connectivity index (χ0v) is 15.3. The van der Waals surface area contributed by atoms with Crippen LogP contribution in [0.2, 0.25) is 0 Å². The highest BCUT2D eigenvalue weighted by molar-refractivity contribution is 9.10. The van der Waals surface area contributed by atoms with Crippen molar-refractivity contribution < 1.29 is 22.0 Å². The molecular weight excluding hydrogens is 418 g/mol. The van der Waals surface area contributed by atoms with Crippen LogP contribution in [-0.4, -0.2) is 26.6 Å². The average molecular weight is 433 g/mol. The number of alkyl halides is 2. The van der Waals surface area contributed by atoms with Gasteiger partial charge in [-0.05, 0) is 36.4 Å². The molecule has 0 bridgehead atoms. The molecule has 25 heavy (non-hydrogen) atoms. The minimum absolute atomic E-state index is 0.0408. The predicted octanol–water partition coefficient (Wildman–Crippen LogP) is 3.89. The number of anilines is 2. The van der Waals surface area contributed by atoms with Gasteiger partial charge in [0, 0.05) is 23.1 Å². The van der Waals surface area contributed by atoms with Crippen molar-refractivity contribution in [2.45, 2.75) is 17.1 Å². The molecule has 0 heterocycles. The van der Waals surface area contributed by atoms with Crippen molar-refractivity contribution in [3.8, 4) is 0 Å². The van der Waals surface area contributed by atoms with E-state index in [0.29, 0.717) is 5.69 Å². The molecule has 0 unspecified atom stereocenters. The molecule has 0 saturated heterocycles. The van der Waals surface area contributed by atoms with Crippen LogP contribution in [0.3, 0.4) is 0 Å². The Bertz CT molecular complexity index is 843. The lowest BCUT2D eigenvalue weighted by Crippen LogP contribution is -2.18. The molecule has 0 spiro atoms. The van der Waals surface area contributed by atoms with E-state index in [0.717, 1.165) is 10.5 Å². The molecule has 1 amide bonds. The zero-order valence-electron chi connectivity index (χ0n) is 12.9. The monoisotopic (exact) mass is 432 g/mol. The van der Waals surface area contributed by atoms with E-state index in [-0.39, 0.29) is 24.6 Å². The van der Waals surface area contributed by atoms with Crippen molar-refractivity contribution in [3.05, 3.63) is 53.0 Å². The Morgan fingerprint density at radius 2 is 1.72 bits per heavy atom. The van der Waals surface area contributed by atoms with E-state index in [1.807, 2.05) is 0 Å². The second-order valence-electron chi connectivity index (χ2n) is 5.03. The summed E-state index contributed by atoms with van der Waals surface area (Å²) in [5.74, 6) is -3.79. The molecule has 134 valence electrons. The van der Waals surface area contributed by atoms with Gasteiger partial charge < -0.3 is 10.6 Å². The summed E-state index contributed by atoms with van der Waals surface area (Å²) in [4.78, 5) is 11.4. The molecule has 0 aliphatic carbocycles. The fourth-order valence-electron chi connectivity index (χ4n) is 2.02. The maximum Gasteiger partial charge on any atom is 0.341 e. The fourth-order valence-corrected chi connectivity index (χ4v) is 3.20. The Labute approximate surface area is 152 Å². The van der Waals surface area contributed by atoms with Gasteiger partial charge in [-0.15, -0.1) is 0 Å². The summed E-state index contributed by atoms with van der Waals surface area (Å²) < 4.78 is 49.6. The number of halogens is 3. The van der Waals surface area contributed by atoms with Crippen LogP contribution in [0.25, 0.3) is 0 Å². The first-order valence-electron chi connectivity index (χ1n) is 7.21. The van der Waals surface area contributed by atoms with E-state index < -0.39 is 20.5 Å². The van der Waals surface area contributed by atoms with Crippen molar-refractivity contribution in [3.63, 3.8) is 0 Å². The Morgan fingerprint density at radius 3 is 2.36 bits per heavy atom. The van der Waals surface area contributed by atoms with Gasteiger partial charge in [-0.3, -0.25) is 4.79 Å². The molecule has 0 radical (unpaired) electrons. The van der Waals surface area contributed by atoms with Crippen LogP contribution in [0, 0.1) is 0 Å². The Kier molecular flexibility index (Phi) is 6.49. The third-order valence-electron chi connectivity index (χ3n) is 3.22. The lowest BCUT2D eigenvalue weighted by Gasteiger charge is -2.12. The number of nitrogens with one attached hydrogen (secondary N) is 2. The fraction of sp³-hybridized carbons (Fsp3) is 0.188. The topological polar surface area (TPSA) is 75.3 Å². The van der Waals surface area contributed by atoms with Gasteiger partial charge >= 0.3 is 5.76 Å². The van der Waals surface area contributed by atoms with Crippen molar-refractivity contribution in [2.75, 3.05) is 17.2 Å². The van der Waals surface area contributed by atoms with Crippen LogP contribution in [0.1, 0.15) is 6.42 Å². The molecule has 2 aromatic rings. The number of rotatable bonds is 7. The number of hydrogen-bond acceptors (Lipinski definition) is 4. The van der Waals surface area contributed by atoms with Crippen molar-refractivity contribution in [1.29, 1.82) is 0 Å². The molecule has 2 rings (SSSR count). The summed E-state index contributed by atoms with van der Waals surface area (Å²) in [5, 5.41) is 5.40. The van der Waals surface area contributed by atoms with Crippen molar-refractivity contribution in [1.82, 2.24) is 0 Å². The van der Waals surface area contributed by atoms with Crippen LogP contribution in [0.4, 0.5) is 20.2 Å². The molecular formula is C16H15BrF2N2O3S. The highest BCUT2D eigenvalue weighted by Gasteiger charge is 2.28. The Hall–Kier alpha value is -2.00. The van der Waals surface area contributed by atoms with Gasteiger partial charge in [-0.25, -0.2) is 8.42 Å². The summed E-state index contributed by atoms with van der Waals surface area (Å²) in [5.41, 5.74) is 0.660. The Balaban J connectivity index is 1.96. The lowest BCUT2D eigenvalue weighted by molar-refractivity contribution is -0.115. The first kappa shape index (κ1) is 19.3. The minimum Gasteiger partial charge on any atom is -0.383 e. The van der Waals surface area contributed by atoms with Crippen LogP contribution in [-0.2, 0) is 14.6 Å². The van der Waals surface area contributed by atoms with Crippen LogP contribution >= 0.6 is 15.9 Å². The van der Waals surface area contributed by atoms with E-state index in [4.69, 9.17) is 0 Å². The van der Waals surface area contributed by atoms with Gasteiger partial charge in [-0.1, -0.05) is 28.1 Å². The molecule has 2 aromatic carbocycles. The number of benzene rings is 2. The molecule has 0 saturated carbocycles. The largest absolute Gasteiger partial charge is 0.383 e. The summed E-state index contributed by atoms with van der Waals surface area (Å²) in [6.45, 7) is 0.0954. The second-order valence-corrected chi connectivity index (χ2v) is 7.84. The molecule has 0 aromatic heterocycles. The number of amides is 1. The smallest absolute Gasteiger partial charge is 0.341 e. The first-order chi connectivity index (χ1) is 11.8. The highest BCUT2D eigenvalue weighted by atomic mass is 79.9. The van der Waals surface area contributed by atoms with E-state index in [1.54, 1.807) is 24.3 Å². The predicted molar refractivity (Wildman–Crippen MR) is 95.5 cm³/mol. The van der Waals surface area contributed by atoms with E-state index in [9.17, 15) is 22.0 Å². The third kappa shape index (κ3) is 5.23. The van der Waals surface area contributed by atoms with E-state index >= 15 is 0 Å². The SMILES string of the molecule is O=C(CCNc1ccccc1S(=O)(=O)C(F)F)Nc1ccc(Br)cc1. The number of hydrogen-bond donors (Lipinski definition) is 2. The second kappa shape index (κ2) is 8.39. The summed E-state index contributed by atoms with van der Waals surface area (Å²) in [6.07, 6.45) is 0.0408. The van der Waals surface area contributed by atoms with Crippen molar-refractivity contribution >= 4 is 43.0 Å². The molecule has 0 aliphatic heterocycles. The minimum atomic E-state index is -4.71. The van der Waals surface area contributed by atoms with Gasteiger partial charge in [0.1, 0.15) is 0 Å². The standard InChI is InChI=1S/C16H15BrF2N2O3S/c17-11-5-7-12(8-6-11)21-15(22)9-10-20-13-3-1-2-4-14(13)25(23,24)16(18)19/h1-8,16,20H,9-10H2,(H,21,22). The lowest BCUT2D eigenvalue weighted by atomic mass is 10.3. The normalized spacial score (nSPS) is 11.4. The summed E-state index contributed by atoms with van der Waals surface area (Å²) in [6, 6.07) is 12.4. The molecule has 0 atom stereocenters.